The summed E-state index contributed by atoms with van der Waals surface area (Å²) in [5.41, 5.74) is 2.62. The van der Waals surface area contributed by atoms with Crippen molar-refractivity contribution in [2.24, 2.45) is 0 Å². The van der Waals surface area contributed by atoms with Crippen molar-refractivity contribution >= 4 is 33.3 Å². The van der Waals surface area contributed by atoms with Gasteiger partial charge in [-0.1, -0.05) is 23.5 Å². The Labute approximate surface area is 137 Å². The summed E-state index contributed by atoms with van der Waals surface area (Å²) >= 11 is 1.54. The first-order chi connectivity index (χ1) is 11.3. The fourth-order valence-corrected chi connectivity index (χ4v) is 3.53. The molecule has 0 spiro atoms. The lowest BCUT2D eigenvalue weighted by atomic mass is 10.2. The molecule has 1 atom stereocenters. The fraction of sp³-hybridized carbons (Fsp3) is 0.235. The van der Waals surface area contributed by atoms with E-state index in [2.05, 4.69) is 15.3 Å². The zero-order valence-electron chi connectivity index (χ0n) is 12.4. The molecule has 1 amide bonds. The molecule has 6 heteroatoms. The number of aromatic nitrogens is 2. The second-order valence-electron chi connectivity index (χ2n) is 5.42. The van der Waals surface area contributed by atoms with E-state index in [1.54, 1.807) is 17.5 Å². The van der Waals surface area contributed by atoms with E-state index in [-0.39, 0.29) is 12.0 Å². The van der Waals surface area contributed by atoms with E-state index in [1.165, 1.54) is 0 Å². The molecule has 1 aliphatic rings. The second kappa shape index (κ2) is 6.06. The Hall–Kier alpha value is -2.31. The number of benzene rings is 1. The van der Waals surface area contributed by atoms with Gasteiger partial charge >= 0.3 is 0 Å². The number of carbonyl (C=O) groups is 1. The maximum atomic E-state index is 12.1. The molecule has 2 aromatic heterocycles. The van der Waals surface area contributed by atoms with Crippen molar-refractivity contribution in [2.75, 3.05) is 11.9 Å². The predicted octanol–water partition coefficient (Wildman–Crippen LogP) is 3.48. The third-order valence-electron chi connectivity index (χ3n) is 3.77. The number of thiazole rings is 1. The highest BCUT2D eigenvalue weighted by Gasteiger charge is 2.23. The zero-order chi connectivity index (χ0) is 15.6. The molecule has 1 unspecified atom stereocenters. The highest BCUT2D eigenvalue weighted by molar-refractivity contribution is 7.21. The number of pyridine rings is 1. The monoisotopic (exact) mass is 325 g/mol. The molecule has 1 aliphatic heterocycles. The third kappa shape index (κ3) is 2.95. The molecule has 1 saturated heterocycles. The molecule has 5 nitrogen and oxygen atoms in total. The van der Waals surface area contributed by atoms with Crippen LogP contribution in [0.5, 0.6) is 0 Å². The van der Waals surface area contributed by atoms with Gasteiger partial charge in [0.05, 0.1) is 0 Å². The van der Waals surface area contributed by atoms with E-state index >= 15 is 0 Å². The number of amides is 1. The lowest BCUT2D eigenvalue weighted by Crippen LogP contribution is -2.26. The van der Waals surface area contributed by atoms with Gasteiger partial charge in [-0.3, -0.25) is 4.79 Å². The molecule has 0 saturated carbocycles. The summed E-state index contributed by atoms with van der Waals surface area (Å²) in [6.45, 7) is 0.664. The van der Waals surface area contributed by atoms with E-state index < -0.39 is 0 Å². The Morgan fingerprint density at radius 2 is 2.26 bits per heavy atom. The van der Waals surface area contributed by atoms with Crippen LogP contribution in [0.3, 0.4) is 0 Å². The van der Waals surface area contributed by atoms with Crippen LogP contribution in [0.2, 0.25) is 0 Å². The summed E-state index contributed by atoms with van der Waals surface area (Å²) in [6, 6.07) is 11.5. The number of anilines is 1. The average Bonchev–Trinajstić information content (AvgIpc) is 3.24. The number of fused-ring (bicyclic) bond motifs is 1. The van der Waals surface area contributed by atoms with Gasteiger partial charge < -0.3 is 10.1 Å². The number of hydrogen-bond acceptors (Lipinski definition) is 5. The molecule has 3 heterocycles. The predicted molar refractivity (Wildman–Crippen MR) is 90.5 cm³/mol. The van der Waals surface area contributed by atoms with Gasteiger partial charge in [-0.25, -0.2) is 9.97 Å². The van der Waals surface area contributed by atoms with Crippen molar-refractivity contribution < 1.29 is 9.53 Å². The molecule has 3 aromatic rings. The lowest BCUT2D eigenvalue weighted by molar-refractivity contribution is -0.124. The van der Waals surface area contributed by atoms with Crippen LogP contribution in [0.4, 0.5) is 5.69 Å². The van der Waals surface area contributed by atoms with Crippen LogP contribution in [0.15, 0.2) is 42.6 Å². The van der Waals surface area contributed by atoms with E-state index in [0.29, 0.717) is 6.61 Å². The number of nitrogens with one attached hydrogen (secondary N) is 1. The minimum atomic E-state index is -0.328. The molecule has 0 aliphatic carbocycles. The Morgan fingerprint density at radius 3 is 3.09 bits per heavy atom. The second-order valence-corrected chi connectivity index (χ2v) is 6.40. The number of hydrogen-bond donors (Lipinski definition) is 1. The Bertz CT molecular complexity index is 823. The maximum Gasteiger partial charge on any atom is 0.253 e. The van der Waals surface area contributed by atoms with Crippen molar-refractivity contribution in [1.29, 1.82) is 0 Å². The molecule has 0 radical (unpaired) electrons. The summed E-state index contributed by atoms with van der Waals surface area (Å²) in [5.74, 6) is -0.0781. The highest BCUT2D eigenvalue weighted by Crippen LogP contribution is 2.30. The van der Waals surface area contributed by atoms with Crippen molar-refractivity contribution in [3.63, 3.8) is 0 Å². The van der Waals surface area contributed by atoms with Gasteiger partial charge in [0.25, 0.3) is 5.91 Å². The van der Waals surface area contributed by atoms with Crippen LogP contribution >= 0.6 is 11.3 Å². The van der Waals surface area contributed by atoms with Gasteiger partial charge in [-0.2, -0.15) is 0 Å². The molecule has 4 rings (SSSR count). The van der Waals surface area contributed by atoms with Crippen molar-refractivity contribution in [3.05, 3.63) is 42.6 Å². The number of rotatable bonds is 3. The molecule has 1 fully saturated rings. The van der Waals surface area contributed by atoms with Gasteiger partial charge in [0, 0.05) is 24.1 Å². The first kappa shape index (κ1) is 14.3. The lowest BCUT2D eigenvalue weighted by Gasteiger charge is -2.10. The highest BCUT2D eigenvalue weighted by atomic mass is 32.1. The number of nitrogens with zero attached hydrogens (tertiary/aromatic N) is 2. The summed E-state index contributed by atoms with van der Waals surface area (Å²) in [5, 5.41) is 3.82. The van der Waals surface area contributed by atoms with Crippen LogP contribution < -0.4 is 5.32 Å². The normalized spacial score (nSPS) is 17.5. The van der Waals surface area contributed by atoms with Gasteiger partial charge in [0.1, 0.15) is 21.5 Å². The standard InChI is InChI=1S/C17H15N3O2S/c21-15(14-7-3-9-22-14)19-12-5-1-4-11(10-12)16-20-13-6-2-8-18-17(13)23-16/h1-2,4-6,8,10,14H,3,7,9H2,(H,19,21). The van der Waals surface area contributed by atoms with Crippen LogP contribution in [0.25, 0.3) is 20.9 Å². The topological polar surface area (TPSA) is 64.1 Å². The number of ether oxygens (including phenoxy) is 1. The van der Waals surface area contributed by atoms with Crippen molar-refractivity contribution in [3.8, 4) is 10.6 Å². The fourth-order valence-electron chi connectivity index (χ4n) is 2.63. The van der Waals surface area contributed by atoms with E-state index in [4.69, 9.17) is 4.74 Å². The molecule has 23 heavy (non-hydrogen) atoms. The summed E-state index contributed by atoms with van der Waals surface area (Å²) in [7, 11) is 0. The Kier molecular flexibility index (Phi) is 3.77. The van der Waals surface area contributed by atoms with Crippen molar-refractivity contribution in [2.45, 2.75) is 18.9 Å². The SMILES string of the molecule is O=C(Nc1cccc(-c2nc3cccnc3s2)c1)C1CCCO1. The molecule has 116 valence electrons. The first-order valence-electron chi connectivity index (χ1n) is 7.54. The first-order valence-corrected chi connectivity index (χ1v) is 8.36. The van der Waals surface area contributed by atoms with E-state index in [9.17, 15) is 4.79 Å². The molecule has 0 bridgehead atoms. The summed E-state index contributed by atoms with van der Waals surface area (Å²) < 4.78 is 5.41. The summed E-state index contributed by atoms with van der Waals surface area (Å²) in [6.07, 6.45) is 3.17. The molecular formula is C17H15N3O2S. The Balaban J connectivity index is 1.59. The van der Waals surface area contributed by atoms with Gasteiger partial charge in [-0.15, -0.1) is 0 Å². The van der Waals surface area contributed by atoms with Gasteiger partial charge in [0.15, 0.2) is 0 Å². The van der Waals surface area contributed by atoms with E-state index in [1.807, 2.05) is 36.4 Å². The Morgan fingerprint density at radius 1 is 1.30 bits per heavy atom. The van der Waals surface area contributed by atoms with Crippen LogP contribution in [0, 0.1) is 0 Å². The van der Waals surface area contributed by atoms with Crippen LogP contribution in [-0.4, -0.2) is 28.6 Å². The van der Waals surface area contributed by atoms with Gasteiger partial charge in [-0.05, 0) is 37.1 Å². The zero-order valence-corrected chi connectivity index (χ0v) is 13.2. The van der Waals surface area contributed by atoms with Gasteiger partial charge in [0.2, 0.25) is 0 Å². The van der Waals surface area contributed by atoms with Crippen molar-refractivity contribution in [1.82, 2.24) is 9.97 Å². The third-order valence-corrected chi connectivity index (χ3v) is 4.79. The van der Waals surface area contributed by atoms with E-state index in [0.717, 1.165) is 39.4 Å². The minimum Gasteiger partial charge on any atom is -0.368 e. The van der Waals surface area contributed by atoms with Crippen LogP contribution in [0.1, 0.15) is 12.8 Å². The molecule has 1 aromatic carbocycles. The average molecular weight is 325 g/mol. The number of carbonyl (C=O) groups excluding carboxylic acids is 1. The smallest absolute Gasteiger partial charge is 0.253 e. The maximum absolute atomic E-state index is 12.1. The molecular weight excluding hydrogens is 310 g/mol. The molecule has 1 N–H and O–H groups in total. The largest absolute Gasteiger partial charge is 0.368 e. The summed E-state index contributed by atoms with van der Waals surface area (Å²) in [4.78, 5) is 22.0. The van der Waals surface area contributed by atoms with Crippen LogP contribution in [-0.2, 0) is 9.53 Å². The minimum absolute atomic E-state index is 0.0781. The quantitative estimate of drug-likeness (QED) is 0.801.